The first-order valence-electron chi connectivity index (χ1n) is 6.47. The van der Waals surface area contributed by atoms with E-state index in [2.05, 4.69) is 43.2 Å². The Kier molecular flexibility index (Phi) is 5.63. The minimum Gasteiger partial charge on any atom is -0.497 e. The van der Waals surface area contributed by atoms with Crippen LogP contribution in [0.4, 0.5) is 0 Å². The van der Waals surface area contributed by atoms with E-state index in [0.29, 0.717) is 0 Å². The van der Waals surface area contributed by atoms with E-state index in [1.165, 1.54) is 5.56 Å². The van der Waals surface area contributed by atoms with Crippen molar-refractivity contribution in [3.8, 4) is 5.75 Å². The van der Waals surface area contributed by atoms with Crippen LogP contribution in [0, 0.1) is 0 Å². The quantitative estimate of drug-likeness (QED) is 0.802. The van der Waals surface area contributed by atoms with Crippen molar-refractivity contribution in [3.05, 3.63) is 29.8 Å². The number of nitrogens with zero attached hydrogens (tertiary/aromatic N) is 1. The molecule has 3 nitrogen and oxygen atoms in total. The molecule has 1 aromatic carbocycles. The summed E-state index contributed by atoms with van der Waals surface area (Å²) in [5.74, 6) is 0.920. The van der Waals surface area contributed by atoms with Crippen LogP contribution in [0.1, 0.15) is 19.4 Å². The molecule has 0 fully saturated rings. The molecule has 0 saturated heterocycles. The molecule has 0 amide bonds. The van der Waals surface area contributed by atoms with Gasteiger partial charge in [0.2, 0.25) is 0 Å². The van der Waals surface area contributed by atoms with Crippen LogP contribution in [0.15, 0.2) is 24.3 Å². The van der Waals surface area contributed by atoms with Gasteiger partial charge in [-0.05, 0) is 52.1 Å². The van der Waals surface area contributed by atoms with Gasteiger partial charge in [-0.15, -0.1) is 0 Å². The minimum absolute atomic E-state index is 0.161. The molecule has 0 unspecified atom stereocenters. The molecule has 0 atom stereocenters. The first kappa shape index (κ1) is 15.0. The summed E-state index contributed by atoms with van der Waals surface area (Å²) in [6, 6.07) is 8.31. The average molecular weight is 250 g/mol. The lowest BCUT2D eigenvalue weighted by Gasteiger charge is -2.30. The van der Waals surface area contributed by atoms with Gasteiger partial charge >= 0.3 is 0 Å². The third-order valence-electron chi connectivity index (χ3n) is 3.28. The van der Waals surface area contributed by atoms with Crippen molar-refractivity contribution in [2.75, 3.05) is 34.3 Å². The first-order chi connectivity index (χ1) is 8.46. The number of hydrogen-bond donors (Lipinski definition) is 1. The highest BCUT2D eigenvalue weighted by Crippen LogP contribution is 2.12. The van der Waals surface area contributed by atoms with Crippen molar-refractivity contribution < 1.29 is 4.74 Å². The van der Waals surface area contributed by atoms with Crippen LogP contribution < -0.4 is 10.1 Å². The predicted octanol–water partition coefficient (Wildman–Crippen LogP) is 2.17. The normalized spacial score (nSPS) is 11.9. The zero-order valence-electron chi connectivity index (χ0n) is 12.3. The Bertz CT molecular complexity index is 346. The van der Waals surface area contributed by atoms with Gasteiger partial charge in [-0.3, -0.25) is 0 Å². The molecule has 1 N–H and O–H groups in total. The van der Waals surface area contributed by atoms with Gasteiger partial charge in [0.05, 0.1) is 7.11 Å². The van der Waals surface area contributed by atoms with E-state index in [9.17, 15) is 0 Å². The highest BCUT2D eigenvalue weighted by molar-refractivity contribution is 5.27. The number of benzene rings is 1. The molecule has 18 heavy (non-hydrogen) atoms. The van der Waals surface area contributed by atoms with Crippen molar-refractivity contribution in [3.63, 3.8) is 0 Å². The first-order valence-corrected chi connectivity index (χ1v) is 6.47. The largest absolute Gasteiger partial charge is 0.497 e. The van der Waals surface area contributed by atoms with Crippen molar-refractivity contribution in [1.29, 1.82) is 0 Å². The van der Waals surface area contributed by atoms with E-state index in [-0.39, 0.29) is 5.54 Å². The average Bonchev–Trinajstić information content (AvgIpc) is 2.36. The number of hydrogen-bond acceptors (Lipinski definition) is 3. The topological polar surface area (TPSA) is 24.5 Å². The molecular weight excluding hydrogens is 224 g/mol. The summed E-state index contributed by atoms with van der Waals surface area (Å²) >= 11 is 0. The van der Waals surface area contributed by atoms with Crippen LogP contribution in [0.5, 0.6) is 5.75 Å². The summed E-state index contributed by atoms with van der Waals surface area (Å²) in [6.07, 6.45) is 1.07. The maximum atomic E-state index is 5.16. The lowest BCUT2D eigenvalue weighted by molar-refractivity contribution is 0.246. The molecule has 0 aliphatic rings. The summed E-state index contributed by atoms with van der Waals surface area (Å²) in [6.45, 7) is 6.55. The van der Waals surface area contributed by atoms with E-state index >= 15 is 0 Å². The Morgan fingerprint density at radius 3 is 2.33 bits per heavy atom. The monoisotopic (exact) mass is 250 g/mol. The summed E-state index contributed by atoms with van der Waals surface area (Å²) in [4.78, 5) is 2.36. The zero-order chi connectivity index (χ0) is 13.6. The van der Waals surface area contributed by atoms with Gasteiger partial charge in [0.1, 0.15) is 5.75 Å². The van der Waals surface area contributed by atoms with Gasteiger partial charge < -0.3 is 15.0 Å². The van der Waals surface area contributed by atoms with Crippen LogP contribution in [0.2, 0.25) is 0 Å². The smallest absolute Gasteiger partial charge is 0.118 e. The molecule has 1 rings (SSSR count). The highest BCUT2D eigenvalue weighted by Gasteiger charge is 2.16. The molecule has 3 heteroatoms. The summed E-state index contributed by atoms with van der Waals surface area (Å²) in [5, 5.41) is 3.33. The molecule has 0 heterocycles. The van der Waals surface area contributed by atoms with Gasteiger partial charge in [0, 0.05) is 18.6 Å². The molecule has 0 aliphatic heterocycles. The number of nitrogens with one attached hydrogen (secondary N) is 1. The summed E-state index contributed by atoms with van der Waals surface area (Å²) < 4.78 is 5.16. The molecule has 0 radical (unpaired) electrons. The third-order valence-corrected chi connectivity index (χ3v) is 3.28. The van der Waals surface area contributed by atoms with Crippen LogP contribution >= 0.6 is 0 Å². The molecular formula is C15H26N2O. The second kappa shape index (κ2) is 6.76. The number of ether oxygens (including phenoxy) is 1. The van der Waals surface area contributed by atoms with Crippen LogP contribution in [0.25, 0.3) is 0 Å². The van der Waals surface area contributed by atoms with Crippen molar-refractivity contribution in [2.45, 2.75) is 25.8 Å². The molecule has 1 aromatic rings. The maximum absolute atomic E-state index is 5.16. The van der Waals surface area contributed by atoms with E-state index < -0.39 is 0 Å². The Balaban J connectivity index is 2.39. The van der Waals surface area contributed by atoms with Gasteiger partial charge in [0.15, 0.2) is 0 Å². The van der Waals surface area contributed by atoms with E-state index in [0.717, 1.165) is 25.3 Å². The molecule has 0 aliphatic carbocycles. The number of rotatable bonds is 7. The minimum atomic E-state index is 0.161. The van der Waals surface area contributed by atoms with E-state index in [1.54, 1.807) is 7.11 Å². The third kappa shape index (κ3) is 5.07. The van der Waals surface area contributed by atoms with Gasteiger partial charge in [-0.1, -0.05) is 12.1 Å². The Hall–Kier alpha value is -1.06. The zero-order valence-corrected chi connectivity index (χ0v) is 12.3. The van der Waals surface area contributed by atoms with Crippen LogP contribution in [-0.2, 0) is 6.42 Å². The molecule has 0 aromatic heterocycles. The molecule has 0 bridgehead atoms. The molecule has 0 spiro atoms. The van der Waals surface area contributed by atoms with Crippen molar-refractivity contribution in [1.82, 2.24) is 10.2 Å². The van der Waals surface area contributed by atoms with E-state index in [1.807, 2.05) is 19.2 Å². The van der Waals surface area contributed by atoms with Gasteiger partial charge in [-0.2, -0.15) is 0 Å². The van der Waals surface area contributed by atoms with Gasteiger partial charge in [-0.25, -0.2) is 0 Å². The molecule has 102 valence electrons. The fourth-order valence-corrected chi connectivity index (χ4v) is 1.95. The SMILES string of the molecule is CNC(C)(C)CN(C)CCc1ccc(OC)cc1. The second-order valence-corrected chi connectivity index (χ2v) is 5.47. The fraction of sp³-hybridized carbons (Fsp3) is 0.600. The standard InChI is InChI=1S/C15H26N2O/c1-15(2,16-3)12-17(4)11-10-13-6-8-14(18-5)9-7-13/h6-9,16H,10-12H2,1-5H3. The number of methoxy groups -OCH3 is 1. The summed E-state index contributed by atoms with van der Waals surface area (Å²) in [5.41, 5.74) is 1.51. The van der Waals surface area contributed by atoms with Crippen LogP contribution in [0.3, 0.4) is 0 Å². The Morgan fingerprint density at radius 1 is 1.22 bits per heavy atom. The fourth-order valence-electron chi connectivity index (χ4n) is 1.95. The lowest BCUT2D eigenvalue weighted by Crippen LogP contribution is -2.46. The Labute approximate surface area is 111 Å². The van der Waals surface area contributed by atoms with Crippen molar-refractivity contribution >= 4 is 0 Å². The van der Waals surface area contributed by atoms with Crippen molar-refractivity contribution in [2.24, 2.45) is 0 Å². The number of likely N-dealkylation sites (N-methyl/N-ethyl adjacent to an activating group) is 2. The maximum Gasteiger partial charge on any atom is 0.118 e. The van der Waals surface area contributed by atoms with Gasteiger partial charge in [0.25, 0.3) is 0 Å². The summed E-state index contributed by atoms with van der Waals surface area (Å²) in [7, 11) is 5.88. The predicted molar refractivity (Wildman–Crippen MR) is 77.3 cm³/mol. The second-order valence-electron chi connectivity index (χ2n) is 5.47. The van der Waals surface area contributed by atoms with Crippen LogP contribution in [-0.4, -0.2) is 44.7 Å². The molecule has 0 saturated carbocycles. The highest BCUT2D eigenvalue weighted by atomic mass is 16.5. The Morgan fingerprint density at radius 2 is 1.83 bits per heavy atom. The lowest BCUT2D eigenvalue weighted by atomic mass is 10.1. The van der Waals surface area contributed by atoms with E-state index in [4.69, 9.17) is 4.74 Å².